The van der Waals surface area contributed by atoms with Gasteiger partial charge in [0.2, 0.25) is 23.5 Å². The van der Waals surface area contributed by atoms with E-state index in [1.54, 1.807) is 20.8 Å². The number of nitrogens with zero attached hydrogens (tertiary/aromatic N) is 1. The first-order valence-electron chi connectivity index (χ1n) is 11.9. The minimum atomic E-state index is -3.11. The summed E-state index contributed by atoms with van der Waals surface area (Å²) in [6.07, 6.45) is 0.337. The molecule has 198 valence electrons. The summed E-state index contributed by atoms with van der Waals surface area (Å²) >= 11 is 0. The summed E-state index contributed by atoms with van der Waals surface area (Å²) in [6, 6.07) is -3.76. The van der Waals surface area contributed by atoms with Crippen LogP contribution in [0.15, 0.2) is 0 Å². The molecule has 4 amide bonds. The SMILES string of the molecule is CC(F)(F)CCC(NC(=O)C1CCCCN1C(=O)C(NC(=O)O)C(C)(C)C)C(=O)C(=O)NC1CC1. The predicted molar refractivity (Wildman–Crippen MR) is 122 cm³/mol. The average Bonchev–Trinajstić information content (AvgIpc) is 3.56. The van der Waals surface area contributed by atoms with Crippen molar-refractivity contribution in [3.63, 3.8) is 0 Å². The lowest BCUT2D eigenvalue weighted by Gasteiger charge is -2.40. The highest BCUT2D eigenvalue weighted by Gasteiger charge is 2.42. The third-order valence-electron chi connectivity index (χ3n) is 6.11. The van der Waals surface area contributed by atoms with Gasteiger partial charge in [-0.3, -0.25) is 19.2 Å². The van der Waals surface area contributed by atoms with Crippen LogP contribution in [0, 0.1) is 5.41 Å². The maximum Gasteiger partial charge on any atom is 0.405 e. The number of Topliss-reactive ketones (excluding diaryl/α,β-unsaturated/α-hetero) is 1. The van der Waals surface area contributed by atoms with Gasteiger partial charge in [-0.05, 0) is 50.9 Å². The van der Waals surface area contributed by atoms with E-state index in [9.17, 15) is 37.9 Å². The fourth-order valence-corrected chi connectivity index (χ4v) is 3.98. The summed E-state index contributed by atoms with van der Waals surface area (Å²) < 4.78 is 27.0. The Hall–Kier alpha value is -2.79. The molecule has 0 aromatic carbocycles. The topological polar surface area (TPSA) is 145 Å². The summed E-state index contributed by atoms with van der Waals surface area (Å²) in [6.45, 7) is 5.93. The van der Waals surface area contributed by atoms with Crippen LogP contribution in [0.2, 0.25) is 0 Å². The highest BCUT2D eigenvalue weighted by Crippen LogP contribution is 2.26. The Kier molecular flexibility index (Phi) is 9.18. The smallest absolute Gasteiger partial charge is 0.405 e. The summed E-state index contributed by atoms with van der Waals surface area (Å²) in [5.41, 5.74) is -0.792. The van der Waals surface area contributed by atoms with Gasteiger partial charge in [-0.2, -0.15) is 0 Å². The van der Waals surface area contributed by atoms with Gasteiger partial charge in [-0.15, -0.1) is 0 Å². The molecule has 0 aromatic rings. The zero-order valence-corrected chi connectivity index (χ0v) is 20.7. The second-order valence-corrected chi connectivity index (χ2v) is 10.6. The number of piperidine rings is 1. The van der Waals surface area contributed by atoms with Crippen molar-refractivity contribution in [2.24, 2.45) is 5.41 Å². The average molecular weight is 503 g/mol. The van der Waals surface area contributed by atoms with Gasteiger partial charge >= 0.3 is 6.09 Å². The van der Waals surface area contributed by atoms with Crippen LogP contribution >= 0.6 is 0 Å². The molecule has 12 heteroatoms. The standard InChI is InChI=1S/C23H36F2N4O6/c1-22(2,3)17(28-21(34)35)20(33)29-12-6-5-7-15(29)18(31)27-14(10-11-23(4,24)25)16(30)19(32)26-13-8-9-13/h13-15,17,28H,5-12H2,1-4H3,(H,26,32)(H,27,31)(H,34,35). The van der Waals surface area contributed by atoms with E-state index in [1.807, 2.05) is 0 Å². The molecular formula is C23H36F2N4O6. The molecule has 1 aliphatic heterocycles. The maximum absolute atomic E-state index is 13.5. The first kappa shape index (κ1) is 28.4. The zero-order valence-electron chi connectivity index (χ0n) is 20.7. The van der Waals surface area contributed by atoms with Crippen molar-refractivity contribution in [2.75, 3.05) is 6.54 Å². The molecule has 1 heterocycles. The fourth-order valence-electron chi connectivity index (χ4n) is 3.98. The molecule has 2 rings (SSSR count). The maximum atomic E-state index is 13.5. The molecule has 4 N–H and O–H groups in total. The van der Waals surface area contributed by atoms with Crippen molar-refractivity contribution in [1.82, 2.24) is 20.9 Å². The molecule has 1 aliphatic carbocycles. The number of likely N-dealkylation sites (tertiary alicyclic amines) is 1. The Balaban J connectivity index is 2.21. The summed E-state index contributed by atoms with van der Waals surface area (Å²) in [7, 11) is 0. The van der Waals surface area contributed by atoms with E-state index in [0.29, 0.717) is 19.8 Å². The monoisotopic (exact) mass is 502 g/mol. The van der Waals surface area contributed by atoms with Gasteiger partial charge in [-0.25, -0.2) is 13.6 Å². The van der Waals surface area contributed by atoms with Crippen molar-refractivity contribution in [1.29, 1.82) is 0 Å². The Morgan fingerprint density at radius 3 is 2.14 bits per heavy atom. The molecule has 0 bridgehead atoms. The van der Waals surface area contributed by atoms with Crippen molar-refractivity contribution in [2.45, 2.75) is 103 Å². The highest BCUT2D eigenvalue weighted by molar-refractivity contribution is 6.38. The largest absolute Gasteiger partial charge is 0.465 e. The number of alkyl halides is 2. The second kappa shape index (κ2) is 11.3. The lowest BCUT2D eigenvalue weighted by molar-refractivity contribution is -0.147. The number of halogens is 2. The fraction of sp³-hybridized carbons (Fsp3) is 0.783. The molecule has 2 aliphatic rings. The number of rotatable bonds is 10. The van der Waals surface area contributed by atoms with Crippen LogP contribution in [0.5, 0.6) is 0 Å². The summed E-state index contributed by atoms with van der Waals surface area (Å²) in [5, 5.41) is 16.3. The molecule has 10 nitrogen and oxygen atoms in total. The molecule has 0 radical (unpaired) electrons. The van der Waals surface area contributed by atoms with Gasteiger partial charge in [-0.1, -0.05) is 20.8 Å². The van der Waals surface area contributed by atoms with Gasteiger partial charge in [0.15, 0.2) is 0 Å². The van der Waals surface area contributed by atoms with E-state index in [0.717, 1.165) is 12.8 Å². The van der Waals surface area contributed by atoms with Gasteiger partial charge in [0.1, 0.15) is 12.1 Å². The molecule has 0 aromatic heterocycles. The molecule has 1 saturated heterocycles. The summed E-state index contributed by atoms with van der Waals surface area (Å²) in [4.78, 5) is 64.0. The van der Waals surface area contributed by atoms with E-state index in [-0.39, 0.29) is 19.0 Å². The number of ketones is 1. The Bertz CT molecular complexity index is 835. The Labute approximate surface area is 203 Å². The normalized spacial score (nSPS) is 20.4. The van der Waals surface area contributed by atoms with Crippen molar-refractivity contribution in [3.05, 3.63) is 0 Å². The molecule has 0 spiro atoms. The number of carboxylic acid groups (broad SMARTS) is 1. The van der Waals surface area contributed by atoms with Crippen molar-refractivity contribution in [3.8, 4) is 0 Å². The first-order valence-corrected chi connectivity index (χ1v) is 11.9. The molecular weight excluding hydrogens is 466 g/mol. The molecule has 3 atom stereocenters. The van der Waals surface area contributed by atoms with Crippen LogP contribution in [-0.2, 0) is 19.2 Å². The van der Waals surface area contributed by atoms with Crippen LogP contribution in [0.4, 0.5) is 13.6 Å². The lowest BCUT2D eigenvalue weighted by atomic mass is 9.85. The number of hydrogen-bond acceptors (Lipinski definition) is 5. The first-order chi connectivity index (χ1) is 16.1. The minimum absolute atomic E-state index is 0.127. The minimum Gasteiger partial charge on any atom is -0.465 e. The van der Waals surface area contributed by atoms with E-state index in [4.69, 9.17) is 0 Å². The molecule has 3 unspecified atom stereocenters. The van der Waals surface area contributed by atoms with Crippen LogP contribution in [0.1, 0.15) is 72.6 Å². The highest BCUT2D eigenvalue weighted by atomic mass is 19.3. The third kappa shape index (κ3) is 8.74. The lowest BCUT2D eigenvalue weighted by Crippen LogP contribution is -2.61. The van der Waals surface area contributed by atoms with E-state index in [2.05, 4.69) is 16.0 Å². The van der Waals surface area contributed by atoms with Crippen LogP contribution < -0.4 is 16.0 Å². The quantitative estimate of drug-likeness (QED) is 0.335. The zero-order chi connectivity index (χ0) is 26.6. The van der Waals surface area contributed by atoms with Crippen molar-refractivity contribution >= 4 is 29.6 Å². The van der Waals surface area contributed by atoms with E-state index >= 15 is 0 Å². The van der Waals surface area contributed by atoms with Gasteiger partial charge in [0.25, 0.3) is 5.91 Å². The van der Waals surface area contributed by atoms with Gasteiger partial charge in [0.05, 0.1) is 6.04 Å². The number of nitrogens with one attached hydrogen (secondary N) is 3. The summed E-state index contributed by atoms with van der Waals surface area (Å²) in [5.74, 6) is -6.38. The Morgan fingerprint density at radius 1 is 1.00 bits per heavy atom. The van der Waals surface area contributed by atoms with E-state index < -0.39 is 71.9 Å². The van der Waals surface area contributed by atoms with Gasteiger partial charge in [0, 0.05) is 19.0 Å². The van der Waals surface area contributed by atoms with Gasteiger partial charge < -0.3 is 26.0 Å². The molecule has 35 heavy (non-hydrogen) atoms. The third-order valence-corrected chi connectivity index (χ3v) is 6.11. The number of carbonyl (C=O) groups is 5. The Morgan fingerprint density at radius 2 is 1.63 bits per heavy atom. The van der Waals surface area contributed by atoms with Crippen LogP contribution in [0.25, 0.3) is 0 Å². The van der Waals surface area contributed by atoms with Crippen LogP contribution in [-0.4, -0.2) is 76.2 Å². The van der Waals surface area contributed by atoms with E-state index in [1.165, 1.54) is 4.90 Å². The van der Waals surface area contributed by atoms with Crippen LogP contribution in [0.3, 0.4) is 0 Å². The molecule has 1 saturated carbocycles. The predicted octanol–water partition coefficient (Wildman–Crippen LogP) is 1.82. The molecule has 2 fully saturated rings. The number of amides is 4. The second-order valence-electron chi connectivity index (χ2n) is 10.6. The number of carbonyl (C=O) groups excluding carboxylic acids is 4. The number of hydrogen-bond donors (Lipinski definition) is 4. The van der Waals surface area contributed by atoms with Crippen molar-refractivity contribution < 1.29 is 37.9 Å².